The molecular weight excluding hydrogens is 222 g/mol. The number of fused-ring (bicyclic) bond motifs is 1. The van der Waals surface area contributed by atoms with Gasteiger partial charge in [-0.2, -0.15) is 0 Å². The third kappa shape index (κ3) is 1.85. The van der Waals surface area contributed by atoms with Gasteiger partial charge in [0, 0.05) is 23.8 Å². The zero-order valence-electron chi connectivity index (χ0n) is 11.0. The first-order valence-corrected chi connectivity index (χ1v) is 6.54. The second-order valence-electron chi connectivity index (χ2n) is 5.24. The molecule has 0 amide bonds. The van der Waals surface area contributed by atoms with E-state index in [4.69, 9.17) is 10.7 Å². The number of hydrogen-bond donors (Lipinski definition) is 1. The standard InChI is InChI=1S/C15H19N3/c1-10-3-5-12(6-4-10)15-17-11(2)14-8-7-13(16)9-18(14)15/h3-6,13H,7-9,16H2,1-2H3. The van der Waals surface area contributed by atoms with Gasteiger partial charge in [-0.1, -0.05) is 29.8 Å². The van der Waals surface area contributed by atoms with Gasteiger partial charge in [-0.05, 0) is 26.7 Å². The molecule has 1 aliphatic rings. The molecule has 1 aromatic carbocycles. The van der Waals surface area contributed by atoms with Gasteiger partial charge in [0.15, 0.2) is 0 Å². The highest BCUT2D eigenvalue weighted by Gasteiger charge is 2.22. The van der Waals surface area contributed by atoms with Crippen molar-refractivity contribution in [2.24, 2.45) is 5.73 Å². The van der Waals surface area contributed by atoms with E-state index in [1.54, 1.807) is 0 Å². The maximum atomic E-state index is 6.08. The lowest BCUT2D eigenvalue weighted by atomic mass is 10.0. The molecule has 3 heteroatoms. The molecule has 2 aromatic rings. The lowest BCUT2D eigenvalue weighted by Crippen LogP contribution is -2.32. The maximum absolute atomic E-state index is 6.08. The summed E-state index contributed by atoms with van der Waals surface area (Å²) in [6, 6.07) is 8.81. The Hall–Kier alpha value is -1.61. The molecule has 3 nitrogen and oxygen atoms in total. The zero-order chi connectivity index (χ0) is 12.7. The normalized spacial score (nSPS) is 18.7. The Labute approximate surface area is 108 Å². The lowest BCUT2D eigenvalue weighted by Gasteiger charge is -2.22. The van der Waals surface area contributed by atoms with E-state index in [2.05, 4.69) is 42.7 Å². The molecule has 1 aromatic heterocycles. The van der Waals surface area contributed by atoms with Gasteiger partial charge in [-0.25, -0.2) is 4.98 Å². The van der Waals surface area contributed by atoms with Crippen LogP contribution in [-0.4, -0.2) is 15.6 Å². The molecule has 0 fully saturated rings. The molecule has 94 valence electrons. The fourth-order valence-electron chi connectivity index (χ4n) is 2.69. The second kappa shape index (κ2) is 4.25. The number of imidazole rings is 1. The Balaban J connectivity index is 2.10. The molecule has 0 radical (unpaired) electrons. The average Bonchev–Trinajstić information content (AvgIpc) is 2.67. The first-order chi connectivity index (χ1) is 8.65. The van der Waals surface area contributed by atoms with Crippen molar-refractivity contribution in [3.63, 3.8) is 0 Å². The van der Waals surface area contributed by atoms with Crippen molar-refractivity contribution in [2.75, 3.05) is 0 Å². The van der Waals surface area contributed by atoms with Crippen molar-refractivity contribution in [1.82, 2.24) is 9.55 Å². The van der Waals surface area contributed by atoms with Crippen LogP contribution < -0.4 is 5.73 Å². The molecule has 1 aliphatic heterocycles. The van der Waals surface area contributed by atoms with Crippen molar-refractivity contribution >= 4 is 0 Å². The molecule has 0 bridgehead atoms. The van der Waals surface area contributed by atoms with Gasteiger partial charge < -0.3 is 10.3 Å². The summed E-state index contributed by atoms with van der Waals surface area (Å²) in [4.78, 5) is 4.73. The summed E-state index contributed by atoms with van der Waals surface area (Å²) < 4.78 is 2.30. The molecule has 0 spiro atoms. The number of aromatic nitrogens is 2. The quantitative estimate of drug-likeness (QED) is 0.833. The number of nitrogens with two attached hydrogens (primary N) is 1. The van der Waals surface area contributed by atoms with Crippen LogP contribution in [0, 0.1) is 13.8 Å². The van der Waals surface area contributed by atoms with Crippen LogP contribution in [0.15, 0.2) is 24.3 Å². The molecule has 0 aliphatic carbocycles. The summed E-state index contributed by atoms with van der Waals surface area (Å²) in [7, 11) is 0. The van der Waals surface area contributed by atoms with Gasteiger partial charge in [0.2, 0.25) is 0 Å². The first-order valence-electron chi connectivity index (χ1n) is 6.54. The predicted molar refractivity (Wildman–Crippen MR) is 73.4 cm³/mol. The van der Waals surface area contributed by atoms with E-state index >= 15 is 0 Å². The smallest absolute Gasteiger partial charge is 0.140 e. The van der Waals surface area contributed by atoms with Crippen LogP contribution in [0.3, 0.4) is 0 Å². The predicted octanol–water partition coefficient (Wildman–Crippen LogP) is 2.44. The molecule has 0 saturated carbocycles. The third-order valence-electron chi connectivity index (χ3n) is 3.75. The van der Waals surface area contributed by atoms with Crippen LogP contribution >= 0.6 is 0 Å². The highest BCUT2D eigenvalue weighted by molar-refractivity contribution is 5.57. The van der Waals surface area contributed by atoms with Crippen LogP contribution in [0.5, 0.6) is 0 Å². The summed E-state index contributed by atoms with van der Waals surface area (Å²) >= 11 is 0. The highest BCUT2D eigenvalue weighted by atomic mass is 15.1. The van der Waals surface area contributed by atoms with Crippen LogP contribution in [0.25, 0.3) is 11.4 Å². The van der Waals surface area contributed by atoms with Crippen LogP contribution in [0.1, 0.15) is 23.4 Å². The van der Waals surface area contributed by atoms with Crippen molar-refractivity contribution in [2.45, 2.75) is 39.3 Å². The minimum Gasteiger partial charge on any atom is -0.326 e. The average molecular weight is 241 g/mol. The molecule has 1 unspecified atom stereocenters. The number of hydrogen-bond acceptors (Lipinski definition) is 2. The van der Waals surface area contributed by atoms with Gasteiger partial charge >= 0.3 is 0 Å². The van der Waals surface area contributed by atoms with E-state index < -0.39 is 0 Å². The SMILES string of the molecule is Cc1ccc(-c2nc(C)c3n2CC(N)CC3)cc1. The van der Waals surface area contributed by atoms with Crippen molar-refractivity contribution in [3.05, 3.63) is 41.2 Å². The van der Waals surface area contributed by atoms with Gasteiger partial charge in [0.25, 0.3) is 0 Å². The third-order valence-corrected chi connectivity index (χ3v) is 3.75. The highest BCUT2D eigenvalue weighted by Crippen LogP contribution is 2.27. The number of nitrogens with zero attached hydrogens (tertiary/aromatic N) is 2. The maximum Gasteiger partial charge on any atom is 0.140 e. The van der Waals surface area contributed by atoms with Crippen molar-refractivity contribution < 1.29 is 0 Å². The first kappa shape index (κ1) is 11.5. The summed E-state index contributed by atoms with van der Waals surface area (Å²) in [5.74, 6) is 1.07. The van der Waals surface area contributed by atoms with E-state index in [1.807, 2.05) is 0 Å². The Morgan fingerprint density at radius 3 is 2.67 bits per heavy atom. The topological polar surface area (TPSA) is 43.8 Å². The van der Waals surface area contributed by atoms with Gasteiger partial charge in [-0.3, -0.25) is 0 Å². The number of benzene rings is 1. The fraction of sp³-hybridized carbons (Fsp3) is 0.400. The molecule has 3 rings (SSSR count). The number of aryl methyl sites for hydroxylation is 2. The van der Waals surface area contributed by atoms with Crippen LogP contribution in [0.2, 0.25) is 0 Å². The van der Waals surface area contributed by atoms with Crippen molar-refractivity contribution in [3.8, 4) is 11.4 Å². The number of rotatable bonds is 1. The molecule has 0 saturated heterocycles. The second-order valence-corrected chi connectivity index (χ2v) is 5.24. The molecular formula is C15H19N3. The summed E-state index contributed by atoms with van der Waals surface area (Å²) in [6.07, 6.45) is 2.12. The molecule has 1 atom stereocenters. The Kier molecular flexibility index (Phi) is 2.71. The van der Waals surface area contributed by atoms with Crippen molar-refractivity contribution in [1.29, 1.82) is 0 Å². The van der Waals surface area contributed by atoms with Crippen LogP contribution in [0.4, 0.5) is 0 Å². The zero-order valence-corrected chi connectivity index (χ0v) is 11.0. The molecule has 2 N–H and O–H groups in total. The van der Waals surface area contributed by atoms with Gasteiger partial charge in [0.05, 0.1) is 5.69 Å². The Bertz CT molecular complexity index is 566. The minimum atomic E-state index is 0.260. The summed E-state index contributed by atoms with van der Waals surface area (Å²) in [6.45, 7) is 5.09. The van der Waals surface area contributed by atoms with E-state index in [-0.39, 0.29) is 6.04 Å². The van der Waals surface area contributed by atoms with Gasteiger partial charge in [0.1, 0.15) is 5.82 Å². The minimum absolute atomic E-state index is 0.260. The molecule has 2 heterocycles. The van der Waals surface area contributed by atoms with Gasteiger partial charge in [-0.15, -0.1) is 0 Å². The van der Waals surface area contributed by atoms with E-state index in [1.165, 1.54) is 16.8 Å². The summed E-state index contributed by atoms with van der Waals surface area (Å²) in [5, 5.41) is 0. The van der Waals surface area contributed by atoms with E-state index in [9.17, 15) is 0 Å². The Morgan fingerprint density at radius 2 is 1.94 bits per heavy atom. The monoisotopic (exact) mass is 241 g/mol. The Morgan fingerprint density at radius 1 is 1.22 bits per heavy atom. The molecule has 18 heavy (non-hydrogen) atoms. The summed E-state index contributed by atoms with van der Waals surface area (Å²) in [5.41, 5.74) is 11.0. The van der Waals surface area contributed by atoms with Crippen LogP contribution in [-0.2, 0) is 13.0 Å². The largest absolute Gasteiger partial charge is 0.326 e. The van der Waals surface area contributed by atoms with E-state index in [0.29, 0.717) is 0 Å². The van der Waals surface area contributed by atoms with E-state index in [0.717, 1.165) is 30.9 Å². The fourth-order valence-corrected chi connectivity index (χ4v) is 2.69. The lowest BCUT2D eigenvalue weighted by molar-refractivity contribution is 0.462.